The molecule has 0 saturated carbocycles. The summed E-state index contributed by atoms with van der Waals surface area (Å²) in [6, 6.07) is 0. The highest BCUT2D eigenvalue weighted by atomic mass is 16.5. The zero-order chi connectivity index (χ0) is 27.2. The molecule has 0 aromatic rings. The van der Waals surface area contributed by atoms with Crippen LogP contribution in [-0.2, 0) is 23.9 Å². The molecule has 198 valence electrons. The van der Waals surface area contributed by atoms with Crippen molar-refractivity contribution in [2.75, 3.05) is 14.2 Å². The molecule has 0 unspecified atom stereocenters. The molecular weight excluding hydrogens is 465 g/mol. The van der Waals surface area contributed by atoms with Crippen LogP contribution < -0.4 is 11.1 Å². The zero-order valence-electron chi connectivity index (χ0n) is 21.8. The molecule has 2 rings (SSSR count). The lowest BCUT2D eigenvalue weighted by Gasteiger charge is -2.29. The Morgan fingerprint density at radius 3 is 2.36 bits per heavy atom. The van der Waals surface area contributed by atoms with Crippen molar-refractivity contribution >= 4 is 17.5 Å². The number of allylic oxidation sites excluding steroid dienone is 4. The van der Waals surface area contributed by atoms with Crippen molar-refractivity contribution in [2.24, 2.45) is 17.6 Å². The van der Waals surface area contributed by atoms with Crippen LogP contribution >= 0.6 is 0 Å². The first-order valence-electron chi connectivity index (χ1n) is 12.0. The molecular formula is C27H38N2O7. The van der Waals surface area contributed by atoms with Gasteiger partial charge in [-0.15, -0.1) is 0 Å². The number of Topliss-reactive ketones (excluding diaryl/α,β-unsaturated/α-hetero) is 1. The maximum Gasteiger partial charge on any atom is 0.251 e. The number of aliphatic hydroxyl groups excluding tert-OH is 2. The van der Waals surface area contributed by atoms with E-state index in [-0.39, 0.29) is 40.8 Å². The van der Waals surface area contributed by atoms with Crippen LogP contribution in [0.15, 0.2) is 58.5 Å². The van der Waals surface area contributed by atoms with Gasteiger partial charge in [-0.05, 0) is 38.2 Å². The fourth-order valence-corrected chi connectivity index (χ4v) is 4.34. The van der Waals surface area contributed by atoms with E-state index in [1.54, 1.807) is 32.1 Å². The van der Waals surface area contributed by atoms with E-state index >= 15 is 0 Å². The third-order valence-corrected chi connectivity index (χ3v) is 6.62. The number of carbonyl (C=O) groups excluding carboxylic acids is 3. The van der Waals surface area contributed by atoms with E-state index in [0.717, 1.165) is 6.08 Å². The van der Waals surface area contributed by atoms with E-state index in [9.17, 15) is 24.6 Å². The predicted octanol–water partition coefficient (Wildman–Crippen LogP) is 1.62. The van der Waals surface area contributed by atoms with Gasteiger partial charge in [0.15, 0.2) is 0 Å². The van der Waals surface area contributed by atoms with Crippen LogP contribution in [0.1, 0.15) is 40.5 Å². The molecule has 9 heteroatoms. The van der Waals surface area contributed by atoms with Crippen molar-refractivity contribution in [2.45, 2.75) is 65.0 Å². The van der Waals surface area contributed by atoms with E-state index in [1.807, 2.05) is 13.8 Å². The van der Waals surface area contributed by atoms with Gasteiger partial charge >= 0.3 is 0 Å². The summed E-state index contributed by atoms with van der Waals surface area (Å²) in [5.74, 6) is -2.16. The van der Waals surface area contributed by atoms with Crippen LogP contribution in [0.3, 0.4) is 0 Å². The highest BCUT2D eigenvalue weighted by Gasteiger charge is 2.32. The highest BCUT2D eigenvalue weighted by Crippen LogP contribution is 2.27. The standard InChI is InChI=1S/C27H38N2O7/c1-14-10-18-23(28)20(30)13-19(26(18)33)29-27(34)15(2)8-7-9-21(35-5)24(31)16(3)12-17(4)25(32)22(11-14)36-6/h7-9,12-14,17,21-22,24-25,31-32H,10-11,28H2,1-6H3,(H,29,34)/b9-7-,15-8+,16-12+/t14-,17+,21+,22+,24+,25-/m1/s1/i28+1. The number of carbonyl (C=O) groups is 3. The summed E-state index contributed by atoms with van der Waals surface area (Å²) in [4.78, 5) is 38.2. The summed E-state index contributed by atoms with van der Waals surface area (Å²) >= 11 is 0. The number of aliphatic hydroxyl groups is 2. The van der Waals surface area contributed by atoms with Crippen LogP contribution in [0, 0.1) is 11.8 Å². The number of nitrogens with one attached hydrogen (secondary N) is 1. The zero-order valence-corrected chi connectivity index (χ0v) is 21.8. The second kappa shape index (κ2) is 12.9. The normalized spacial score (nSPS) is 35.3. The molecule has 1 amide bonds. The van der Waals surface area contributed by atoms with Crippen molar-refractivity contribution in [3.05, 3.63) is 58.5 Å². The summed E-state index contributed by atoms with van der Waals surface area (Å²) in [6.45, 7) is 7.00. The topological polar surface area (TPSA) is 148 Å². The molecule has 36 heavy (non-hydrogen) atoms. The Balaban J connectivity index is 2.50. The number of hydrogen-bond acceptors (Lipinski definition) is 8. The summed E-state index contributed by atoms with van der Waals surface area (Å²) in [6.07, 6.45) is 4.89. The van der Waals surface area contributed by atoms with Gasteiger partial charge in [0.1, 0.15) is 12.2 Å². The molecule has 0 aromatic carbocycles. The third kappa shape index (κ3) is 7.10. The van der Waals surface area contributed by atoms with Crippen LogP contribution in [0.5, 0.6) is 0 Å². The van der Waals surface area contributed by atoms with E-state index < -0.39 is 41.9 Å². The average Bonchev–Trinajstić information content (AvgIpc) is 2.84. The lowest BCUT2D eigenvalue weighted by molar-refractivity contribution is -0.120. The molecule has 5 N–H and O–H groups in total. The van der Waals surface area contributed by atoms with Gasteiger partial charge in [-0.2, -0.15) is 0 Å². The minimum Gasteiger partial charge on any atom is -0.395 e. The van der Waals surface area contributed by atoms with Crippen LogP contribution in [0.4, 0.5) is 0 Å². The molecule has 1 aliphatic carbocycles. The summed E-state index contributed by atoms with van der Waals surface area (Å²) in [5.41, 5.74) is 6.69. The molecule has 9 nitrogen and oxygen atoms in total. The van der Waals surface area contributed by atoms with Crippen LogP contribution in [0.25, 0.3) is 0 Å². The minimum absolute atomic E-state index is 0.129. The molecule has 6 atom stereocenters. The molecule has 1 aliphatic heterocycles. The molecule has 2 bridgehead atoms. The summed E-state index contributed by atoms with van der Waals surface area (Å²) in [5, 5.41) is 24.3. The van der Waals surface area contributed by atoms with E-state index in [2.05, 4.69) is 5.32 Å². The number of methoxy groups -OCH3 is 2. The Morgan fingerprint density at radius 2 is 1.75 bits per heavy atom. The highest BCUT2D eigenvalue weighted by molar-refractivity contribution is 6.23. The van der Waals surface area contributed by atoms with Crippen molar-refractivity contribution < 1.29 is 34.1 Å². The molecule has 0 radical (unpaired) electrons. The van der Waals surface area contributed by atoms with Crippen molar-refractivity contribution in [1.82, 2.24) is 5.32 Å². The van der Waals surface area contributed by atoms with Crippen LogP contribution in [0.2, 0.25) is 0 Å². The number of hydrogen-bond donors (Lipinski definition) is 4. The SMILES string of the molecule is CO[C@H]1/C=C\C=C(/C)C(=O)NC2=CC(=O)C([15NH2])=C(C[C@@H](C)C[C@H](OC)[C@H](O)[C@@H](C)/C=C(\C)[C@@H]1O)C2=O. The third-order valence-electron chi connectivity index (χ3n) is 6.62. The Labute approximate surface area is 212 Å². The quantitative estimate of drug-likeness (QED) is 0.252. The maximum absolute atomic E-state index is 13.1. The lowest BCUT2D eigenvalue weighted by atomic mass is 9.85. The largest absolute Gasteiger partial charge is 0.395 e. The molecule has 1 heterocycles. The van der Waals surface area contributed by atoms with Gasteiger partial charge in [-0.25, -0.2) is 0 Å². The first-order chi connectivity index (χ1) is 16.9. The molecule has 0 saturated heterocycles. The monoisotopic (exact) mass is 503 g/mol. The summed E-state index contributed by atoms with van der Waals surface area (Å²) in [7, 11) is 2.95. The lowest BCUT2D eigenvalue weighted by Crippen LogP contribution is -2.36. The second-order valence-electron chi connectivity index (χ2n) is 9.56. The van der Waals surface area contributed by atoms with Gasteiger partial charge < -0.3 is 30.7 Å². The van der Waals surface area contributed by atoms with Gasteiger partial charge in [0.05, 0.1) is 23.6 Å². The first-order valence-corrected chi connectivity index (χ1v) is 12.0. The molecule has 2 aliphatic rings. The molecule has 0 spiro atoms. The van der Waals surface area contributed by atoms with Crippen molar-refractivity contribution in [1.29, 1.82) is 0 Å². The Morgan fingerprint density at radius 1 is 1.08 bits per heavy atom. The van der Waals surface area contributed by atoms with Gasteiger partial charge in [-0.1, -0.05) is 38.2 Å². The predicted molar refractivity (Wildman–Crippen MR) is 135 cm³/mol. The summed E-state index contributed by atoms with van der Waals surface area (Å²) < 4.78 is 11.0. The number of rotatable bonds is 2. The first kappa shape index (κ1) is 29.4. The Hall–Kier alpha value is -2.85. The fraction of sp³-hybridized carbons (Fsp3) is 0.519. The molecule has 0 fully saturated rings. The van der Waals surface area contributed by atoms with Gasteiger partial charge in [0.2, 0.25) is 11.6 Å². The minimum atomic E-state index is -0.978. The number of ketones is 2. The van der Waals surface area contributed by atoms with Gasteiger partial charge in [0.25, 0.3) is 5.91 Å². The fourth-order valence-electron chi connectivity index (χ4n) is 4.34. The Kier molecular flexibility index (Phi) is 10.5. The second-order valence-corrected chi connectivity index (χ2v) is 9.56. The maximum atomic E-state index is 13.1. The van der Waals surface area contributed by atoms with E-state index in [0.29, 0.717) is 12.0 Å². The van der Waals surface area contributed by atoms with E-state index in [1.165, 1.54) is 20.3 Å². The molecule has 0 aromatic heterocycles. The van der Waals surface area contributed by atoms with Crippen molar-refractivity contribution in [3.8, 4) is 0 Å². The van der Waals surface area contributed by atoms with Gasteiger partial charge in [0, 0.05) is 37.4 Å². The smallest absolute Gasteiger partial charge is 0.251 e. The van der Waals surface area contributed by atoms with E-state index in [4.69, 9.17) is 15.2 Å². The number of nitrogens with two attached hydrogens (primary N) is 1. The van der Waals surface area contributed by atoms with Crippen molar-refractivity contribution in [3.63, 3.8) is 0 Å². The van der Waals surface area contributed by atoms with Crippen LogP contribution in [-0.4, -0.2) is 66.3 Å². The number of fused-ring (bicyclic) bond motifs is 2. The van der Waals surface area contributed by atoms with Gasteiger partial charge in [-0.3, -0.25) is 14.4 Å². The number of amides is 1. The Bertz CT molecular complexity index is 1020. The average molecular weight is 504 g/mol. The number of ether oxygens (including phenoxy) is 2.